The van der Waals surface area contributed by atoms with Crippen LogP contribution in [0.3, 0.4) is 0 Å². The van der Waals surface area contributed by atoms with E-state index in [1.807, 2.05) is 42.3 Å². The largest absolute Gasteiger partial charge is 0.497 e. The van der Waals surface area contributed by atoms with Crippen LogP contribution in [0.2, 0.25) is 0 Å². The monoisotopic (exact) mass is 661 g/mol. The Hall–Kier alpha value is -5.78. The summed E-state index contributed by atoms with van der Waals surface area (Å²) < 4.78 is 5.33. The van der Waals surface area contributed by atoms with Crippen LogP contribution in [0.5, 0.6) is 5.75 Å². The van der Waals surface area contributed by atoms with Gasteiger partial charge in [0.05, 0.1) is 29.8 Å². The van der Waals surface area contributed by atoms with Crippen molar-refractivity contribution in [1.29, 1.82) is 5.26 Å². The Morgan fingerprint density at radius 1 is 1.04 bits per heavy atom. The molecule has 1 atom stereocenters. The van der Waals surface area contributed by atoms with E-state index in [1.165, 1.54) is 0 Å². The molecule has 0 radical (unpaired) electrons. The van der Waals surface area contributed by atoms with Crippen LogP contribution in [0.15, 0.2) is 66.7 Å². The summed E-state index contributed by atoms with van der Waals surface area (Å²) in [5, 5.41) is 29.0. The fourth-order valence-electron chi connectivity index (χ4n) is 5.63. The van der Waals surface area contributed by atoms with Crippen LogP contribution < -0.4 is 25.6 Å². The molecule has 0 saturated carbocycles. The highest BCUT2D eigenvalue weighted by atomic mass is 16.5. The van der Waals surface area contributed by atoms with Gasteiger partial charge in [0.25, 0.3) is 0 Å². The summed E-state index contributed by atoms with van der Waals surface area (Å²) in [6, 6.07) is 21.7. The van der Waals surface area contributed by atoms with Crippen LogP contribution in [0, 0.1) is 11.3 Å². The summed E-state index contributed by atoms with van der Waals surface area (Å²) in [6.07, 6.45) is 0.737. The minimum Gasteiger partial charge on any atom is -0.497 e. The summed E-state index contributed by atoms with van der Waals surface area (Å²) >= 11 is 0. The first kappa shape index (κ1) is 33.1. The number of carboxylic acids is 1. The van der Waals surface area contributed by atoms with Gasteiger partial charge in [-0.05, 0) is 47.5 Å². The number of nitriles is 1. The van der Waals surface area contributed by atoms with E-state index in [9.17, 15) is 9.90 Å². The topological polar surface area (TPSA) is 180 Å². The zero-order valence-corrected chi connectivity index (χ0v) is 27.5. The number of carbonyl (C=O) groups is 1. The molecule has 1 aliphatic rings. The lowest BCUT2D eigenvalue weighted by Gasteiger charge is -2.27. The van der Waals surface area contributed by atoms with Crippen molar-refractivity contribution in [2.75, 3.05) is 62.4 Å². The van der Waals surface area contributed by atoms with Crippen LogP contribution in [-0.4, -0.2) is 93.8 Å². The Kier molecular flexibility index (Phi) is 10.4. The molecule has 3 heterocycles. The second-order valence-electron chi connectivity index (χ2n) is 11.9. The van der Waals surface area contributed by atoms with Crippen LogP contribution in [-0.2, 0) is 24.2 Å². The van der Waals surface area contributed by atoms with Crippen molar-refractivity contribution in [3.05, 3.63) is 89.2 Å². The number of anilines is 4. The average Bonchev–Trinajstić information content (AvgIpc) is 3.53. The summed E-state index contributed by atoms with van der Waals surface area (Å²) in [7, 11) is 3.50. The van der Waals surface area contributed by atoms with E-state index < -0.39 is 12.0 Å². The van der Waals surface area contributed by atoms with E-state index in [-0.39, 0.29) is 18.3 Å². The SMILES string of the molecule is COc1ccc2nc(CCN(C)c3nc(Nc4cccc(CN5CCNCC5)c4)nc(NC(Cc4ccc(C#N)cc4)C(=O)O)n3)[nH]c2c1. The molecule has 1 aliphatic heterocycles. The summed E-state index contributed by atoms with van der Waals surface area (Å²) in [5.74, 6) is 1.24. The molecule has 1 fully saturated rings. The molecule has 0 amide bonds. The third kappa shape index (κ3) is 8.78. The van der Waals surface area contributed by atoms with Gasteiger partial charge in [0, 0.05) is 70.9 Å². The van der Waals surface area contributed by atoms with Crippen molar-refractivity contribution < 1.29 is 14.6 Å². The highest BCUT2D eigenvalue weighted by Gasteiger charge is 2.21. The van der Waals surface area contributed by atoms with Crippen molar-refractivity contribution in [3.8, 4) is 11.8 Å². The van der Waals surface area contributed by atoms with E-state index in [0.29, 0.717) is 24.5 Å². The molecule has 1 saturated heterocycles. The van der Waals surface area contributed by atoms with Gasteiger partial charge in [-0.15, -0.1) is 0 Å². The predicted octanol–water partition coefficient (Wildman–Crippen LogP) is 3.56. The van der Waals surface area contributed by atoms with Crippen molar-refractivity contribution in [1.82, 2.24) is 35.1 Å². The first-order valence-electron chi connectivity index (χ1n) is 16.1. The normalized spacial score (nSPS) is 13.8. The molecule has 49 heavy (non-hydrogen) atoms. The molecule has 1 unspecified atom stereocenters. The standard InChI is InChI=1S/C35H39N11O3/c1-45(15-12-31-39-28-11-10-27(49-2)20-29(28)40-31)35-43-33(38-26-5-3-4-25(18-26)22-46-16-13-37-14-17-46)42-34(44-35)41-30(32(47)48)19-23-6-8-24(21-36)9-7-23/h3-11,18,20,30,37H,12-17,19,22H2,1-2H3,(H,39,40)(H,47,48)(H2,38,41,42,43,44). The summed E-state index contributed by atoms with van der Waals surface area (Å²) in [6.45, 7) is 5.29. The molecule has 0 bridgehead atoms. The number of hydrogen-bond donors (Lipinski definition) is 5. The van der Waals surface area contributed by atoms with Crippen LogP contribution >= 0.6 is 0 Å². The summed E-state index contributed by atoms with van der Waals surface area (Å²) in [5.41, 5.74) is 4.96. The van der Waals surface area contributed by atoms with Crippen molar-refractivity contribution in [2.24, 2.45) is 0 Å². The zero-order valence-electron chi connectivity index (χ0n) is 27.5. The Labute approximate surface area is 284 Å². The molecule has 0 aliphatic carbocycles. The van der Waals surface area contributed by atoms with Crippen LogP contribution in [0.25, 0.3) is 11.0 Å². The quantitative estimate of drug-likeness (QED) is 0.117. The maximum Gasteiger partial charge on any atom is 0.326 e. The number of fused-ring (bicyclic) bond motifs is 1. The Bertz CT molecular complexity index is 1930. The number of nitrogens with one attached hydrogen (secondary N) is 4. The van der Waals surface area contributed by atoms with E-state index in [0.717, 1.165) is 72.1 Å². The highest BCUT2D eigenvalue weighted by molar-refractivity contribution is 5.77. The number of imidazole rings is 1. The lowest BCUT2D eigenvalue weighted by Crippen LogP contribution is -2.42. The van der Waals surface area contributed by atoms with E-state index in [4.69, 9.17) is 20.0 Å². The van der Waals surface area contributed by atoms with Gasteiger partial charge in [0.15, 0.2) is 0 Å². The third-order valence-corrected chi connectivity index (χ3v) is 8.31. The van der Waals surface area contributed by atoms with Gasteiger partial charge in [-0.1, -0.05) is 24.3 Å². The molecule has 5 aromatic rings. The molecule has 3 aromatic carbocycles. The fourth-order valence-corrected chi connectivity index (χ4v) is 5.63. The molecule has 2 aromatic heterocycles. The predicted molar refractivity (Wildman–Crippen MR) is 187 cm³/mol. The first-order chi connectivity index (χ1) is 23.8. The van der Waals surface area contributed by atoms with Gasteiger partial charge in [-0.25, -0.2) is 9.78 Å². The Balaban J connectivity index is 1.23. The number of methoxy groups -OCH3 is 1. The third-order valence-electron chi connectivity index (χ3n) is 8.31. The number of aromatic amines is 1. The molecule has 14 heteroatoms. The van der Waals surface area contributed by atoms with Gasteiger partial charge >= 0.3 is 5.97 Å². The molecule has 5 N–H and O–H groups in total. The molecular weight excluding hydrogens is 622 g/mol. The van der Waals surface area contributed by atoms with Gasteiger partial charge in [-0.3, -0.25) is 4.90 Å². The Morgan fingerprint density at radius 2 is 1.84 bits per heavy atom. The minimum absolute atomic E-state index is 0.119. The second-order valence-corrected chi connectivity index (χ2v) is 11.9. The van der Waals surface area contributed by atoms with E-state index in [2.05, 4.69) is 54.0 Å². The average molecular weight is 662 g/mol. The molecule has 6 rings (SSSR count). The number of aromatic nitrogens is 5. The molecule has 14 nitrogen and oxygen atoms in total. The maximum absolute atomic E-state index is 12.4. The molecule has 0 spiro atoms. The maximum atomic E-state index is 12.4. The van der Waals surface area contributed by atoms with Gasteiger partial charge in [-0.2, -0.15) is 20.2 Å². The van der Waals surface area contributed by atoms with Gasteiger partial charge in [0.1, 0.15) is 17.6 Å². The van der Waals surface area contributed by atoms with Crippen molar-refractivity contribution in [2.45, 2.75) is 25.4 Å². The van der Waals surface area contributed by atoms with Gasteiger partial charge in [0.2, 0.25) is 17.8 Å². The fraction of sp³-hybridized carbons (Fsp3) is 0.314. The van der Waals surface area contributed by atoms with Crippen molar-refractivity contribution >= 4 is 40.5 Å². The Morgan fingerprint density at radius 3 is 2.59 bits per heavy atom. The number of aliphatic carboxylic acids is 1. The van der Waals surface area contributed by atoms with E-state index >= 15 is 0 Å². The number of likely N-dealkylation sites (N-methyl/N-ethyl adjacent to an activating group) is 1. The highest BCUT2D eigenvalue weighted by Crippen LogP contribution is 2.22. The second kappa shape index (κ2) is 15.4. The smallest absolute Gasteiger partial charge is 0.326 e. The zero-order chi connectivity index (χ0) is 34.2. The summed E-state index contributed by atoms with van der Waals surface area (Å²) in [4.78, 5) is 38.6. The van der Waals surface area contributed by atoms with Crippen molar-refractivity contribution in [3.63, 3.8) is 0 Å². The number of nitrogens with zero attached hydrogens (tertiary/aromatic N) is 7. The molecular formula is C35H39N11O3. The minimum atomic E-state index is -1.06. The number of hydrogen-bond acceptors (Lipinski definition) is 12. The number of ether oxygens (including phenoxy) is 1. The number of benzene rings is 3. The van der Waals surface area contributed by atoms with Crippen LogP contribution in [0.4, 0.5) is 23.5 Å². The number of rotatable bonds is 14. The number of H-pyrrole nitrogens is 1. The number of piperazine rings is 1. The first-order valence-corrected chi connectivity index (χ1v) is 16.1. The molecule has 252 valence electrons. The van der Waals surface area contributed by atoms with Gasteiger partial charge < -0.3 is 35.7 Å². The van der Waals surface area contributed by atoms with E-state index in [1.54, 1.807) is 31.4 Å². The lowest BCUT2D eigenvalue weighted by atomic mass is 10.0. The van der Waals surface area contributed by atoms with Crippen LogP contribution in [0.1, 0.15) is 22.5 Å². The lowest BCUT2D eigenvalue weighted by molar-refractivity contribution is -0.137. The number of carboxylic acid groups (broad SMARTS) is 1.